The summed E-state index contributed by atoms with van der Waals surface area (Å²) < 4.78 is 13.8. The number of Topliss-reactive ketones (excluding diaryl/α,β-unsaturated/α-hetero) is 1. The molecule has 1 heterocycles. The van der Waals surface area contributed by atoms with Gasteiger partial charge in [0.15, 0.2) is 5.78 Å². The number of nitrogens with zero attached hydrogens (tertiary/aromatic N) is 1. The van der Waals surface area contributed by atoms with Crippen molar-refractivity contribution in [1.82, 2.24) is 0 Å². The minimum Gasteiger partial charge on any atom is -0.311 e. The molecular weight excluding hydrogens is 373 g/mol. The molecule has 0 saturated carbocycles. The van der Waals surface area contributed by atoms with Crippen molar-refractivity contribution in [3.8, 4) is 0 Å². The maximum Gasteiger partial charge on any atom is 0.241 e. The van der Waals surface area contributed by atoms with Crippen molar-refractivity contribution in [3.63, 3.8) is 0 Å². The molecule has 1 aliphatic heterocycles. The average Bonchev–Trinajstić information content (AvgIpc) is 2.99. The monoisotopic (exact) mass is 389 g/mol. The van der Waals surface area contributed by atoms with Gasteiger partial charge in [-0.15, -0.1) is 0 Å². The van der Waals surface area contributed by atoms with E-state index in [4.69, 9.17) is 0 Å². The smallest absolute Gasteiger partial charge is 0.241 e. The van der Waals surface area contributed by atoms with Crippen molar-refractivity contribution in [2.24, 2.45) is 0 Å². The van der Waals surface area contributed by atoms with Gasteiger partial charge in [-0.1, -0.05) is 34.1 Å². The predicted molar refractivity (Wildman–Crippen MR) is 95.3 cm³/mol. The first-order valence-corrected chi connectivity index (χ1v) is 8.71. The third kappa shape index (κ3) is 3.26. The fourth-order valence-corrected chi connectivity index (χ4v) is 3.56. The molecule has 5 heteroatoms. The summed E-state index contributed by atoms with van der Waals surface area (Å²) in [5.41, 5.74) is 3.01. The Bertz CT molecular complexity index is 806. The van der Waals surface area contributed by atoms with Gasteiger partial charge in [-0.2, -0.15) is 0 Å². The number of anilines is 1. The summed E-state index contributed by atoms with van der Waals surface area (Å²) in [6, 6.07) is 11.9. The van der Waals surface area contributed by atoms with Gasteiger partial charge in [-0.05, 0) is 55.2 Å². The molecule has 0 bridgehead atoms. The van der Waals surface area contributed by atoms with Gasteiger partial charge in [-0.25, -0.2) is 4.39 Å². The predicted octanol–water partition coefficient (Wildman–Crippen LogP) is 3.92. The highest BCUT2D eigenvalue weighted by molar-refractivity contribution is 9.10. The van der Waals surface area contributed by atoms with Gasteiger partial charge in [0.05, 0.1) is 4.83 Å². The number of benzene rings is 2. The molecule has 0 saturated heterocycles. The average molecular weight is 390 g/mol. The van der Waals surface area contributed by atoms with Crippen molar-refractivity contribution in [2.75, 3.05) is 11.4 Å². The Balaban J connectivity index is 1.78. The van der Waals surface area contributed by atoms with Gasteiger partial charge >= 0.3 is 0 Å². The van der Waals surface area contributed by atoms with E-state index in [0.29, 0.717) is 24.1 Å². The number of carbonyl (C=O) groups is 2. The lowest BCUT2D eigenvalue weighted by Gasteiger charge is -2.21. The van der Waals surface area contributed by atoms with Crippen LogP contribution in [0.2, 0.25) is 0 Å². The lowest BCUT2D eigenvalue weighted by Crippen LogP contribution is -2.36. The first-order chi connectivity index (χ1) is 11.5. The minimum atomic E-state index is -0.493. The highest BCUT2D eigenvalue weighted by Gasteiger charge is 2.29. The number of ketones is 1. The number of fused-ring (bicyclic) bond motifs is 1. The Morgan fingerprint density at radius 2 is 2.00 bits per heavy atom. The lowest BCUT2D eigenvalue weighted by molar-refractivity contribution is -0.117. The largest absolute Gasteiger partial charge is 0.311 e. The molecular formula is C19H17BrFNO2. The molecule has 1 unspecified atom stereocenters. The maximum atomic E-state index is 13.8. The highest BCUT2D eigenvalue weighted by Crippen LogP contribution is 2.31. The second-order valence-electron chi connectivity index (χ2n) is 5.90. The molecule has 3 nitrogen and oxygen atoms in total. The van der Waals surface area contributed by atoms with Gasteiger partial charge in [0.1, 0.15) is 5.82 Å². The number of halogens is 2. The van der Waals surface area contributed by atoms with E-state index in [9.17, 15) is 14.0 Å². The number of rotatable bonds is 4. The van der Waals surface area contributed by atoms with E-state index in [-0.39, 0.29) is 17.5 Å². The Morgan fingerprint density at radius 1 is 1.25 bits per heavy atom. The topological polar surface area (TPSA) is 37.4 Å². The lowest BCUT2D eigenvalue weighted by atomic mass is 10.1. The van der Waals surface area contributed by atoms with Crippen molar-refractivity contribution in [1.29, 1.82) is 0 Å². The number of amides is 1. The zero-order valence-electron chi connectivity index (χ0n) is 13.3. The minimum absolute atomic E-state index is 0.0143. The summed E-state index contributed by atoms with van der Waals surface area (Å²) in [5, 5.41) is 0. The van der Waals surface area contributed by atoms with Crippen molar-refractivity contribution in [2.45, 2.75) is 24.6 Å². The molecule has 24 heavy (non-hydrogen) atoms. The van der Waals surface area contributed by atoms with Crippen LogP contribution in [0.1, 0.15) is 28.4 Å². The zero-order valence-corrected chi connectivity index (χ0v) is 14.8. The van der Waals surface area contributed by atoms with Crippen LogP contribution in [-0.2, 0) is 17.6 Å². The van der Waals surface area contributed by atoms with Crippen LogP contribution >= 0.6 is 15.9 Å². The fraction of sp³-hybridized carbons (Fsp3) is 0.263. The van der Waals surface area contributed by atoms with Crippen molar-refractivity contribution >= 4 is 33.3 Å². The van der Waals surface area contributed by atoms with E-state index < -0.39 is 4.83 Å². The summed E-state index contributed by atoms with van der Waals surface area (Å²) in [6.45, 7) is 2.11. The summed E-state index contributed by atoms with van der Waals surface area (Å²) >= 11 is 3.40. The Labute approximate surface area is 148 Å². The molecule has 0 spiro atoms. The molecule has 0 fully saturated rings. The Morgan fingerprint density at radius 3 is 2.71 bits per heavy atom. The molecule has 0 radical (unpaired) electrons. The number of alkyl halides is 1. The van der Waals surface area contributed by atoms with Crippen molar-refractivity contribution in [3.05, 3.63) is 65.0 Å². The van der Waals surface area contributed by atoms with Gasteiger partial charge in [0, 0.05) is 17.8 Å². The normalized spacial score (nSPS) is 14.4. The quantitative estimate of drug-likeness (QED) is 0.586. The van der Waals surface area contributed by atoms with Crippen LogP contribution in [0.15, 0.2) is 42.5 Å². The first-order valence-electron chi connectivity index (χ1n) is 7.80. The van der Waals surface area contributed by atoms with E-state index in [0.717, 1.165) is 17.7 Å². The number of hydrogen-bond donors (Lipinski definition) is 0. The summed E-state index contributed by atoms with van der Waals surface area (Å²) in [7, 11) is 0. The summed E-state index contributed by atoms with van der Waals surface area (Å²) in [5.74, 6) is -0.379. The molecule has 1 aliphatic rings. The molecule has 0 aliphatic carbocycles. The van der Waals surface area contributed by atoms with Crippen LogP contribution < -0.4 is 4.90 Å². The molecule has 2 aromatic carbocycles. The third-order valence-electron chi connectivity index (χ3n) is 4.27. The number of carbonyl (C=O) groups excluding carboxylic acids is 2. The molecule has 1 atom stereocenters. The molecule has 0 aromatic heterocycles. The van der Waals surface area contributed by atoms with Gasteiger partial charge in [-0.3, -0.25) is 9.59 Å². The van der Waals surface area contributed by atoms with Crippen molar-refractivity contribution < 1.29 is 14.0 Å². The van der Waals surface area contributed by atoms with Gasteiger partial charge in [0.2, 0.25) is 5.91 Å². The van der Waals surface area contributed by atoms with Crippen LogP contribution in [0, 0.1) is 5.82 Å². The first kappa shape index (κ1) is 16.8. The van der Waals surface area contributed by atoms with Crippen LogP contribution in [0.25, 0.3) is 0 Å². The van der Waals surface area contributed by atoms with Crippen LogP contribution in [-0.4, -0.2) is 23.1 Å². The fourth-order valence-electron chi connectivity index (χ4n) is 2.96. The highest BCUT2D eigenvalue weighted by atomic mass is 79.9. The molecule has 2 aromatic rings. The van der Waals surface area contributed by atoms with Gasteiger partial charge in [0.25, 0.3) is 0 Å². The summed E-state index contributed by atoms with van der Waals surface area (Å²) in [6.07, 6.45) is 1.02. The van der Waals surface area contributed by atoms with Gasteiger partial charge < -0.3 is 4.90 Å². The SMILES string of the molecule is CC(=O)c1ccc2c(c1)CCN2C(=O)C(Br)Cc1ccccc1F. The van der Waals surface area contributed by atoms with E-state index in [1.165, 1.54) is 13.0 Å². The van der Waals surface area contributed by atoms with E-state index in [2.05, 4.69) is 15.9 Å². The second-order valence-corrected chi connectivity index (χ2v) is 7.01. The standard InChI is InChI=1S/C19H17BrFNO2/c1-12(23)13-6-7-18-15(10-13)8-9-22(18)19(24)16(20)11-14-4-2-3-5-17(14)21/h2-7,10,16H,8-9,11H2,1H3. The van der Waals surface area contributed by atoms with Crippen LogP contribution in [0.3, 0.4) is 0 Å². The van der Waals surface area contributed by atoms with E-state index in [1.807, 2.05) is 12.1 Å². The van der Waals surface area contributed by atoms with Crippen LogP contribution in [0.5, 0.6) is 0 Å². The second kappa shape index (κ2) is 6.85. The maximum absolute atomic E-state index is 13.8. The van der Waals surface area contributed by atoms with E-state index >= 15 is 0 Å². The zero-order chi connectivity index (χ0) is 17.3. The molecule has 3 rings (SSSR count). The molecule has 1 amide bonds. The Hall–Kier alpha value is -2.01. The molecule has 0 N–H and O–H groups in total. The van der Waals surface area contributed by atoms with Crippen LogP contribution in [0.4, 0.5) is 10.1 Å². The summed E-state index contributed by atoms with van der Waals surface area (Å²) in [4.78, 5) is 25.4. The Kier molecular flexibility index (Phi) is 4.81. The number of hydrogen-bond acceptors (Lipinski definition) is 2. The van der Waals surface area contributed by atoms with E-state index in [1.54, 1.807) is 29.2 Å². The molecule has 124 valence electrons. The third-order valence-corrected chi connectivity index (χ3v) is 4.99.